The average molecular weight is 356 g/mol. The van der Waals surface area contributed by atoms with Gasteiger partial charge in [0.1, 0.15) is 18.2 Å². The molecule has 1 saturated heterocycles. The van der Waals surface area contributed by atoms with E-state index in [0.717, 1.165) is 23.8 Å². The van der Waals surface area contributed by atoms with Crippen LogP contribution >= 0.6 is 0 Å². The van der Waals surface area contributed by atoms with Gasteiger partial charge in [-0.05, 0) is 50.5 Å². The Morgan fingerprint density at radius 1 is 1.35 bits per heavy atom. The van der Waals surface area contributed by atoms with Crippen LogP contribution in [0.15, 0.2) is 10.5 Å². The fraction of sp³-hybridized carbons (Fsp3) is 0.632. The van der Waals surface area contributed by atoms with Gasteiger partial charge in [-0.1, -0.05) is 0 Å². The lowest BCUT2D eigenvalue weighted by atomic mass is 9.91. The summed E-state index contributed by atoms with van der Waals surface area (Å²) in [5, 5.41) is 16.8. The highest BCUT2D eigenvalue weighted by molar-refractivity contribution is 5.93. The fourth-order valence-corrected chi connectivity index (χ4v) is 4.25. The SMILES string of the molecule is Cc1cc(CO)oc1C(=O)N1C[C@H](c2nc(C3CC3)n[nH]2)[C@@H](C2CC2)C1. The highest BCUT2D eigenvalue weighted by Gasteiger charge is 2.46. The van der Waals surface area contributed by atoms with Crippen LogP contribution in [0.2, 0.25) is 0 Å². The summed E-state index contributed by atoms with van der Waals surface area (Å²) < 4.78 is 5.56. The summed E-state index contributed by atoms with van der Waals surface area (Å²) in [4.78, 5) is 19.6. The highest BCUT2D eigenvalue weighted by atomic mass is 16.4. The van der Waals surface area contributed by atoms with E-state index in [1.165, 1.54) is 25.7 Å². The number of carbonyl (C=O) groups is 1. The maximum atomic E-state index is 13.0. The second kappa shape index (κ2) is 5.94. The third-order valence-corrected chi connectivity index (χ3v) is 6.01. The first-order chi connectivity index (χ1) is 12.6. The van der Waals surface area contributed by atoms with Crippen molar-refractivity contribution in [2.24, 2.45) is 11.8 Å². The van der Waals surface area contributed by atoms with Crippen molar-refractivity contribution in [1.82, 2.24) is 20.1 Å². The zero-order valence-corrected chi connectivity index (χ0v) is 14.9. The predicted molar refractivity (Wildman–Crippen MR) is 92.6 cm³/mol. The first-order valence-corrected chi connectivity index (χ1v) is 9.55. The van der Waals surface area contributed by atoms with Crippen LogP contribution in [0.4, 0.5) is 0 Å². The molecule has 2 atom stereocenters. The molecule has 1 amide bonds. The topological polar surface area (TPSA) is 95.2 Å². The van der Waals surface area contributed by atoms with E-state index in [-0.39, 0.29) is 18.4 Å². The molecular formula is C19H24N4O3. The molecule has 3 aliphatic rings. The Labute approximate surface area is 151 Å². The predicted octanol–water partition coefficient (Wildman–Crippen LogP) is 2.34. The zero-order chi connectivity index (χ0) is 17.8. The van der Waals surface area contributed by atoms with Gasteiger partial charge in [-0.2, -0.15) is 5.10 Å². The van der Waals surface area contributed by atoms with Crippen molar-refractivity contribution in [3.63, 3.8) is 0 Å². The molecule has 0 unspecified atom stereocenters. The smallest absolute Gasteiger partial charge is 0.289 e. The standard InChI is InChI=1S/C19H24N4O3/c1-10-6-13(9-24)26-16(10)19(25)23-7-14(11-2-3-11)15(8-23)18-20-17(21-22-18)12-4-5-12/h6,11-12,14-15,24H,2-5,7-9H2,1H3,(H,20,21,22)/t14-,15+/m1/s1. The van der Waals surface area contributed by atoms with E-state index in [0.29, 0.717) is 35.8 Å². The van der Waals surface area contributed by atoms with Gasteiger partial charge in [-0.25, -0.2) is 4.98 Å². The van der Waals surface area contributed by atoms with Crippen molar-refractivity contribution < 1.29 is 14.3 Å². The quantitative estimate of drug-likeness (QED) is 0.857. The third-order valence-electron chi connectivity index (χ3n) is 6.01. The van der Waals surface area contributed by atoms with Crippen molar-refractivity contribution in [1.29, 1.82) is 0 Å². The van der Waals surface area contributed by atoms with E-state index in [1.807, 2.05) is 11.8 Å². The molecule has 2 saturated carbocycles. The number of furan rings is 1. The van der Waals surface area contributed by atoms with Crippen molar-refractivity contribution >= 4 is 5.91 Å². The van der Waals surface area contributed by atoms with Crippen molar-refractivity contribution in [3.8, 4) is 0 Å². The Bertz CT molecular complexity index is 834. The Morgan fingerprint density at radius 2 is 2.15 bits per heavy atom. The number of aliphatic hydroxyl groups is 1. The largest absolute Gasteiger partial charge is 0.453 e. The van der Waals surface area contributed by atoms with Crippen LogP contribution in [0, 0.1) is 18.8 Å². The molecule has 0 aromatic carbocycles. The minimum atomic E-state index is -0.191. The Balaban J connectivity index is 1.38. The van der Waals surface area contributed by atoms with E-state index in [1.54, 1.807) is 6.07 Å². The summed E-state index contributed by atoms with van der Waals surface area (Å²) in [5.41, 5.74) is 0.779. The Kier molecular flexibility index (Phi) is 3.67. The molecule has 3 heterocycles. The highest BCUT2D eigenvalue weighted by Crippen LogP contribution is 2.48. The van der Waals surface area contributed by atoms with Crippen LogP contribution in [-0.2, 0) is 6.61 Å². The average Bonchev–Trinajstić information content (AvgIpc) is 3.55. The van der Waals surface area contributed by atoms with Crippen molar-refractivity contribution in [2.45, 2.75) is 51.0 Å². The number of hydrogen-bond donors (Lipinski definition) is 2. The summed E-state index contributed by atoms with van der Waals surface area (Å²) in [6.07, 6.45) is 4.84. The monoisotopic (exact) mass is 356 g/mol. The summed E-state index contributed by atoms with van der Waals surface area (Å²) in [5.74, 6) is 4.44. The molecule has 2 N–H and O–H groups in total. The number of aromatic amines is 1. The van der Waals surface area contributed by atoms with Crippen LogP contribution in [0.3, 0.4) is 0 Å². The van der Waals surface area contributed by atoms with Gasteiger partial charge in [0.25, 0.3) is 5.91 Å². The first-order valence-electron chi connectivity index (χ1n) is 9.55. The lowest BCUT2D eigenvalue weighted by molar-refractivity contribution is 0.0747. The number of hydrogen-bond acceptors (Lipinski definition) is 5. The van der Waals surface area contributed by atoms with E-state index in [9.17, 15) is 9.90 Å². The van der Waals surface area contributed by atoms with Crippen LogP contribution in [0.25, 0.3) is 0 Å². The molecule has 7 heteroatoms. The number of likely N-dealkylation sites (tertiary alicyclic amines) is 1. The molecule has 3 fully saturated rings. The number of amides is 1. The van der Waals surface area contributed by atoms with Crippen molar-refractivity contribution in [2.75, 3.05) is 13.1 Å². The van der Waals surface area contributed by atoms with Crippen LogP contribution in [-0.4, -0.2) is 44.2 Å². The van der Waals surface area contributed by atoms with E-state index >= 15 is 0 Å². The molecule has 2 aliphatic carbocycles. The van der Waals surface area contributed by atoms with Gasteiger partial charge in [-0.15, -0.1) is 0 Å². The zero-order valence-electron chi connectivity index (χ0n) is 14.9. The van der Waals surface area contributed by atoms with Gasteiger partial charge in [-0.3, -0.25) is 9.89 Å². The van der Waals surface area contributed by atoms with E-state index in [4.69, 9.17) is 9.40 Å². The normalized spacial score (nSPS) is 25.8. The van der Waals surface area contributed by atoms with Gasteiger partial charge in [0.2, 0.25) is 0 Å². The summed E-state index contributed by atoms with van der Waals surface area (Å²) in [6.45, 7) is 3.04. The Morgan fingerprint density at radius 3 is 2.81 bits per heavy atom. The van der Waals surface area contributed by atoms with E-state index in [2.05, 4.69) is 10.2 Å². The molecule has 0 spiro atoms. The van der Waals surface area contributed by atoms with Crippen LogP contribution in [0.5, 0.6) is 0 Å². The lowest BCUT2D eigenvalue weighted by Crippen LogP contribution is -2.29. The van der Waals surface area contributed by atoms with Crippen LogP contribution in [0.1, 0.15) is 71.0 Å². The molecular weight excluding hydrogens is 332 g/mol. The number of carbonyl (C=O) groups excluding carboxylic acids is 1. The maximum absolute atomic E-state index is 13.0. The van der Waals surface area contributed by atoms with Gasteiger partial charge in [0.05, 0.1) is 0 Å². The molecule has 2 aromatic rings. The summed E-state index contributed by atoms with van der Waals surface area (Å²) in [7, 11) is 0. The number of nitrogens with zero attached hydrogens (tertiary/aromatic N) is 3. The minimum Gasteiger partial charge on any atom is -0.453 e. The molecule has 0 bridgehead atoms. The third kappa shape index (κ3) is 2.74. The molecule has 2 aromatic heterocycles. The Hall–Kier alpha value is -2.15. The van der Waals surface area contributed by atoms with Crippen molar-refractivity contribution in [3.05, 3.63) is 34.8 Å². The second-order valence-electron chi connectivity index (χ2n) is 8.05. The second-order valence-corrected chi connectivity index (χ2v) is 8.05. The van der Waals surface area contributed by atoms with Crippen LogP contribution < -0.4 is 0 Å². The molecule has 5 rings (SSSR count). The number of rotatable bonds is 5. The summed E-state index contributed by atoms with van der Waals surface area (Å²) in [6, 6.07) is 1.73. The van der Waals surface area contributed by atoms with Gasteiger partial charge >= 0.3 is 0 Å². The van der Waals surface area contributed by atoms with Gasteiger partial charge < -0.3 is 14.4 Å². The number of aromatic nitrogens is 3. The fourth-order valence-electron chi connectivity index (χ4n) is 4.25. The number of H-pyrrole nitrogens is 1. The number of aliphatic hydroxyl groups excluding tert-OH is 1. The molecule has 26 heavy (non-hydrogen) atoms. The van der Waals surface area contributed by atoms with Gasteiger partial charge in [0.15, 0.2) is 11.6 Å². The van der Waals surface area contributed by atoms with E-state index < -0.39 is 0 Å². The summed E-state index contributed by atoms with van der Waals surface area (Å²) >= 11 is 0. The maximum Gasteiger partial charge on any atom is 0.289 e. The lowest BCUT2D eigenvalue weighted by Gasteiger charge is -2.15. The van der Waals surface area contributed by atoms with Gasteiger partial charge in [0, 0.05) is 30.5 Å². The molecule has 1 aliphatic heterocycles. The first kappa shape index (κ1) is 16.1. The molecule has 7 nitrogen and oxygen atoms in total. The number of nitrogens with one attached hydrogen (secondary N) is 1. The minimum absolute atomic E-state index is 0.0859. The molecule has 138 valence electrons. The molecule has 0 radical (unpaired) electrons. The number of aryl methyl sites for hydroxylation is 1.